The number of likely N-dealkylation sites (tertiary alicyclic amines) is 1. The first-order valence-electron chi connectivity index (χ1n) is 13.6. The topological polar surface area (TPSA) is 152 Å². The SMILES string of the molecule is O=C(O)C(F)(F)F.O=C(O)COc1cc(Cl)c(OCCO)cc1N1C[C@H](NC2CCN(Cc3ccc(Cl)cc3)CC2)[C@@H](O)C1. The van der Waals surface area contributed by atoms with Crippen molar-refractivity contribution in [2.24, 2.45) is 0 Å². The molecule has 0 saturated carbocycles. The number of piperidine rings is 1. The molecule has 44 heavy (non-hydrogen) atoms. The van der Waals surface area contributed by atoms with Crippen molar-refractivity contribution in [3.05, 3.63) is 52.0 Å². The summed E-state index contributed by atoms with van der Waals surface area (Å²) in [6.45, 7) is 3.04. The molecule has 0 aliphatic carbocycles. The fourth-order valence-electron chi connectivity index (χ4n) is 4.85. The van der Waals surface area contributed by atoms with Gasteiger partial charge in [0.2, 0.25) is 0 Å². The summed E-state index contributed by atoms with van der Waals surface area (Å²) in [5, 5.41) is 40.8. The summed E-state index contributed by atoms with van der Waals surface area (Å²) in [7, 11) is 0. The van der Waals surface area contributed by atoms with Crippen LogP contribution in [0, 0.1) is 0 Å². The van der Waals surface area contributed by atoms with E-state index in [-0.39, 0.29) is 30.3 Å². The van der Waals surface area contributed by atoms with Crippen molar-refractivity contribution >= 4 is 40.8 Å². The highest BCUT2D eigenvalue weighted by molar-refractivity contribution is 6.32. The molecule has 11 nitrogen and oxygen atoms in total. The Labute approximate surface area is 261 Å². The zero-order valence-electron chi connectivity index (χ0n) is 23.5. The highest BCUT2D eigenvalue weighted by Crippen LogP contribution is 2.40. The molecule has 0 spiro atoms. The molecule has 16 heteroatoms. The minimum absolute atomic E-state index is 0.0675. The van der Waals surface area contributed by atoms with Gasteiger partial charge in [-0.2, -0.15) is 13.2 Å². The molecule has 2 saturated heterocycles. The van der Waals surface area contributed by atoms with E-state index in [1.165, 1.54) is 11.6 Å². The van der Waals surface area contributed by atoms with Crippen LogP contribution in [0.4, 0.5) is 18.9 Å². The van der Waals surface area contributed by atoms with Crippen LogP contribution in [0.3, 0.4) is 0 Å². The minimum Gasteiger partial charge on any atom is -0.490 e. The maximum atomic E-state index is 11.1. The number of alkyl halides is 3. The molecule has 0 aromatic heterocycles. The van der Waals surface area contributed by atoms with Crippen molar-refractivity contribution in [3.8, 4) is 11.5 Å². The first kappa shape index (κ1) is 35.5. The third-order valence-corrected chi connectivity index (χ3v) is 7.49. The number of anilines is 1. The number of hydrogen-bond acceptors (Lipinski definition) is 9. The highest BCUT2D eigenvalue weighted by Gasteiger charge is 2.38. The lowest BCUT2D eigenvalue weighted by Crippen LogP contribution is -2.49. The zero-order chi connectivity index (χ0) is 32.4. The standard InChI is InChI=1S/C26H33Cl2N3O6.C2HF3O2/c27-18-3-1-17(2-4-18)13-30-7-5-19(6-8-30)29-21-14-31(15-23(21)33)22-12-24(36-10-9-32)20(28)11-25(22)37-16-26(34)35;3-2(4,5)1(6)7/h1-4,11-12,19,21,23,29,32-33H,5-10,13-16H2,(H,34,35);(H,6,7)/t21-,23-;/m0./s1. The lowest BCUT2D eigenvalue weighted by atomic mass is 10.0. The fraction of sp³-hybridized carbons (Fsp3) is 0.500. The van der Waals surface area contributed by atoms with Crippen molar-refractivity contribution in [2.75, 3.05) is 50.9 Å². The van der Waals surface area contributed by atoms with E-state index >= 15 is 0 Å². The van der Waals surface area contributed by atoms with E-state index in [0.717, 1.165) is 37.5 Å². The summed E-state index contributed by atoms with van der Waals surface area (Å²) in [5.74, 6) is -3.21. The van der Waals surface area contributed by atoms with Gasteiger partial charge in [0.25, 0.3) is 0 Å². The molecule has 2 heterocycles. The number of aliphatic hydroxyl groups is 2. The molecule has 0 unspecified atom stereocenters. The Hall–Kier alpha value is -3.01. The Kier molecular flexibility index (Phi) is 13.2. The molecular weight excluding hydrogens is 634 g/mol. The van der Waals surface area contributed by atoms with Crippen LogP contribution in [0.2, 0.25) is 10.0 Å². The molecule has 0 bridgehead atoms. The van der Waals surface area contributed by atoms with Crippen LogP contribution in [0.15, 0.2) is 36.4 Å². The first-order chi connectivity index (χ1) is 20.8. The van der Waals surface area contributed by atoms with Gasteiger partial charge >= 0.3 is 18.1 Å². The number of hydrogen-bond donors (Lipinski definition) is 5. The van der Waals surface area contributed by atoms with E-state index in [4.69, 9.17) is 52.8 Å². The van der Waals surface area contributed by atoms with Crippen LogP contribution in [0.5, 0.6) is 11.5 Å². The van der Waals surface area contributed by atoms with Crippen LogP contribution >= 0.6 is 23.2 Å². The van der Waals surface area contributed by atoms with Crippen molar-refractivity contribution in [1.29, 1.82) is 0 Å². The molecule has 5 N–H and O–H groups in total. The lowest BCUT2D eigenvalue weighted by Gasteiger charge is -2.34. The van der Waals surface area contributed by atoms with Gasteiger partial charge in [-0.3, -0.25) is 4.90 Å². The molecule has 2 aliphatic heterocycles. The maximum Gasteiger partial charge on any atom is 0.490 e. The third kappa shape index (κ3) is 10.9. The van der Waals surface area contributed by atoms with Crippen LogP contribution < -0.4 is 19.7 Å². The van der Waals surface area contributed by atoms with Gasteiger partial charge in [-0.25, -0.2) is 9.59 Å². The number of aliphatic carboxylic acids is 2. The number of aliphatic hydroxyl groups excluding tert-OH is 2. The first-order valence-corrected chi connectivity index (χ1v) is 14.4. The molecule has 2 aromatic carbocycles. The summed E-state index contributed by atoms with van der Waals surface area (Å²) in [4.78, 5) is 24.3. The number of nitrogens with one attached hydrogen (secondary N) is 1. The van der Waals surface area contributed by atoms with Crippen molar-refractivity contribution in [1.82, 2.24) is 10.2 Å². The summed E-state index contributed by atoms with van der Waals surface area (Å²) in [5.41, 5.74) is 1.82. The van der Waals surface area contributed by atoms with Crippen molar-refractivity contribution < 1.29 is 52.7 Å². The van der Waals surface area contributed by atoms with E-state index < -0.39 is 30.8 Å². The van der Waals surface area contributed by atoms with Gasteiger partial charge in [0, 0.05) is 42.8 Å². The Morgan fingerprint density at radius 1 is 1.00 bits per heavy atom. The highest BCUT2D eigenvalue weighted by atomic mass is 35.5. The smallest absolute Gasteiger partial charge is 0.490 e. The minimum atomic E-state index is -5.08. The van der Waals surface area contributed by atoms with Gasteiger partial charge in [0.15, 0.2) is 6.61 Å². The molecular formula is C28H34Cl2F3N3O8. The monoisotopic (exact) mass is 667 g/mol. The van der Waals surface area contributed by atoms with E-state index in [0.29, 0.717) is 30.3 Å². The van der Waals surface area contributed by atoms with Gasteiger partial charge < -0.3 is 40.1 Å². The van der Waals surface area contributed by atoms with E-state index in [9.17, 15) is 23.1 Å². The van der Waals surface area contributed by atoms with Crippen LogP contribution in [0.1, 0.15) is 18.4 Å². The summed E-state index contributed by atoms with van der Waals surface area (Å²) in [6, 6.07) is 11.3. The van der Waals surface area contributed by atoms with E-state index in [1.807, 2.05) is 17.0 Å². The number of β-amino-alcohol motifs (C(OH)–C–C–N with tert-alkyl or cyclic N) is 1. The molecule has 4 rings (SSSR count). The second-order valence-electron chi connectivity index (χ2n) is 10.2. The number of rotatable bonds is 11. The van der Waals surface area contributed by atoms with Gasteiger partial charge in [0.05, 0.1) is 29.5 Å². The normalized spacial score (nSPS) is 19.3. The summed E-state index contributed by atoms with van der Waals surface area (Å²) in [6.07, 6.45) is -3.75. The second-order valence-corrected chi connectivity index (χ2v) is 11.1. The van der Waals surface area contributed by atoms with Gasteiger partial charge in [-0.15, -0.1) is 0 Å². The average molecular weight is 668 g/mol. The lowest BCUT2D eigenvalue weighted by molar-refractivity contribution is -0.192. The quantitative estimate of drug-likeness (QED) is 0.240. The molecule has 2 aromatic rings. The predicted molar refractivity (Wildman–Crippen MR) is 156 cm³/mol. The average Bonchev–Trinajstić information content (AvgIpc) is 3.32. The van der Waals surface area contributed by atoms with Gasteiger partial charge in [-0.1, -0.05) is 35.3 Å². The summed E-state index contributed by atoms with van der Waals surface area (Å²) >= 11 is 12.3. The predicted octanol–water partition coefficient (Wildman–Crippen LogP) is 3.26. The molecule has 2 fully saturated rings. The molecule has 244 valence electrons. The Bertz CT molecular complexity index is 1250. The Balaban J connectivity index is 0.000000676. The number of benzene rings is 2. The maximum absolute atomic E-state index is 11.1. The van der Waals surface area contributed by atoms with Crippen LogP contribution in [0.25, 0.3) is 0 Å². The third-order valence-electron chi connectivity index (χ3n) is 6.94. The number of carbonyl (C=O) groups is 2. The molecule has 2 aliphatic rings. The molecule has 0 radical (unpaired) electrons. The largest absolute Gasteiger partial charge is 0.490 e. The number of carboxylic acids is 2. The van der Waals surface area contributed by atoms with Crippen molar-refractivity contribution in [2.45, 2.75) is 43.8 Å². The summed E-state index contributed by atoms with van der Waals surface area (Å²) < 4.78 is 42.8. The number of ether oxygens (including phenoxy) is 2. The van der Waals surface area contributed by atoms with Crippen molar-refractivity contribution in [3.63, 3.8) is 0 Å². The molecule has 2 atom stereocenters. The number of carboxylic acid groups (broad SMARTS) is 2. The van der Waals surface area contributed by atoms with E-state index in [2.05, 4.69) is 22.3 Å². The van der Waals surface area contributed by atoms with Crippen LogP contribution in [-0.2, 0) is 16.1 Å². The number of nitrogens with zero attached hydrogens (tertiary/aromatic N) is 2. The van der Waals surface area contributed by atoms with Gasteiger partial charge in [0.1, 0.15) is 18.1 Å². The second kappa shape index (κ2) is 16.3. The zero-order valence-corrected chi connectivity index (χ0v) is 25.0. The molecule has 0 amide bonds. The Morgan fingerprint density at radius 2 is 1.64 bits per heavy atom. The Morgan fingerprint density at radius 3 is 2.20 bits per heavy atom. The fourth-order valence-corrected chi connectivity index (χ4v) is 5.18. The van der Waals surface area contributed by atoms with Gasteiger partial charge in [-0.05, 0) is 43.6 Å². The number of halogens is 5. The van der Waals surface area contributed by atoms with E-state index in [1.54, 1.807) is 6.07 Å². The van der Waals surface area contributed by atoms with Crippen LogP contribution in [-0.4, -0.2) is 108 Å².